The number of benzene rings is 1. The normalized spacial score (nSPS) is 48.4. The van der Waals surface area contributed by atoms with Crippen LogP contribution in [-0.2, 0) is 14.3 Å². The zero-order valence-corrected chi connectivity index (χ0v) is 34.0. The van der Waals surface area contributed by atoms with Gasteiger partial charge in [-0.15, -0.1) is 0 Å². The highest BCUT2D eigenvalue weighted by Crippen LogP contribution is 2.83. The van der Waals surface area contributed by atoms with Crippen molar-refractivity contribution in [2.75, 3.05) is 6.54 Å². The fourth-order valence-electron chi connectivity index (χ4n) is 16.6. The predicted molar refractivity (Wildman–Crippen MR) is 212 cm³/mol. The number of fused-ring (bicyclic) bond motifs is 8. The first-order chi connectivity index (χ1) is 25.8. The van der Waals surface area contributed by atoms with E-state index in [-0.39, 0.29) is 45.2 Å². The number of carbonyl (C=O) groups excluding carboxylic acids is 2. The molecule has 54 heavy (non-hydrogen) atoms. The number of hydrogen-bond acceptors (Lipinski definition) is 4. The van der Waals surface area contributed by atoms with E-state index in [1.54, 1.807) is 6.92 Å². The number of rotatable bonds is 6. The van der Waals surface area contributed by atoms with Crippen molar-refractivity contribution < 1.29 is 14.3 Å². The molecule has 8 fully saturated rings. The van der Waals surface area contributed by atoms with Gasteiger partial charge >= 0.3 is 5.97 Å². The molecule has 6 nitrogen and oxygen atoms in total. The van der Waals surface area contributed by atoms with Gasteiger partial charge in [0.2, 0.25) is 5.91 Å². The van der Waals surface area contributed by atoms with Gasteiger partial charge in [-0.2, -0.15) is 0 Å². The number of nitrogens with zero attached hydrogens (tertiary/aromatic N) is 2. The Labute approximate surface area is 324 Å². The van der Waals surface area contributed by atoms with E-state index in [1.807, 2.05) is 12.3 Å². The second kappa shape index (κ2) is 11.8. The van der Waals surface area contributed by atoms with Crippen LogP contribution in [0.3, 0.4) is 0 Å². The summed E-state index contributed by atoms with van der Waals surface area (Å²) >= 11 is 0. The topological polar surface area (TPSA) is 75.3 Å². The molecule has 1 aromatic carbocycles. The van der Waals surface area contributed by atoms with Gasteiger partial charge in [-0.1, -0.05) is 70.2 Å². The monoisotopic (exact) mass is 732 g/mol. The molecule has 1 saturated heterocycles. The van der Waals surface area contributed by atoms with Gasteiger partial charge in [-0.05, 0) is 160 Å². The van der Waals surface area contributed by atoms with Crippen LogP contribution in [0.2, 0.25) is 0 Å². The number of nitrogens with one attached hydrogen (secondary N) is 1. The summed E-state index contributed by atoms with van der Waals surface area (Å²) < 4.78 is 6.26. The van der Waals surface area contributed by atoms with E-state index < -0.39 is 0 Å². The van der Waals surface area contributed by atoms with E-state index in [0.717, 1.165) is 86.3 Å². The highest BCUT2D eigenvalue weighted by Gasteiger charge is 2.78. The van der Waals surface area contributed by atoms with Gasteiger partial charge in [0.25, 0.3) is 0 Å². The number of esters is 1. The molecule has 6 heteroatoms. The van der Waals surface area contributed by atoms with Gasteiger partial charge in [0, 0.05) is 18.9 Å². The molecule has 1 N–H and O–H groups in total. The van der Waals surface area contributed by atoms with Crippen molar-refractivity contribution in [2.45, 2.75) is 137 Å². The summed E-state index contributed by atoms with van der Waals surface area (Å²) in [5.74, 6) is 6.34. The Balaban J connectivity index is 0.965. The highest BCUT2D eigenvalue weighted by molar-refractivity contribution is 5.84. The molecule has 290 valence electrons. The molecule has 6 unspecified atom stereocenters. The summed E-state index contributed by atoms with van der Waals surface area (Å²) in [6.07, 6.45) is 16.9. The number of H-pyrrole nitrogens is 1. The second-order valence-corrected chi connectivity index (χ2v) is 21.1. The van der Waals surface area contributed by atoms with Gasteiger partial charge in [-0.3, -0.25) is 9.59 Å². The third-order valence-electron chi connectivity index (χ3n) is 19.4. The van der Waals surface area contributed by atoms with E-state index in [2.05, 4.69) is 75.3 Å². The Hall–Kier alpha value is -2.89. The Morgan fingerprint density at radius 2 is 1.63 bits per heavy atom. The van der Waals surface area contributed by atoms with Gasteiger partial charge in [-0.25, -0.2) is 4.98 Å². The van der Waals surface area contributed by atoms with E-state index >= 15 is 4.79 Å². The van der Waals surface area contributed by atoms with Crippen LogP contribution < -0.4 is 0 Å². The van der Waals surface area contributed by atoms with Crippen LogP contribution in [0.25, 0.3) is 11.3 Å². The second-order valence-electron chi connectivity index (χ2n) is 21.1. The van der Waals surface area contributed by atoms with Crippen LogP contribution in [0.1, 0.15) is 137 Å². The highest BCUT2D eigenvalue weighted by atomic mass is 16.5. The standard InChI is InChI=1S/C48H65N3O3/c1-28(2)31-17-22-48(43(53)51-25-11-14-36(51)42-49-27-35(50-42)30-12-9-8-10-13-30)24-23-45(5)34(41(31)48)15-16-37-44(4)20-19-39(54-29(3)52)47(7,40-32-26-33(32)40)38(44)18-21-46(37,45)6/h8-10,12-13,27,31-34,36-41H,1,11,14-26H2,2-7H3,(H,49,50)/t31-,32?,33?,34+,36+,37?,38?,39-,40?,41?,44+,45+,46+,47?,48-/m0/s1. The van der Waals surface area contributed by atoms with Crippen molar-refractivity contribution in [1.29, 1.82) is 0 Å². The predicted octanol–water partition coefficient (Wildman–Crippen LogP) is 10.6. The lowest BCUT2D eigenvalue weighted by atomic mass is 9.31. The van der Waals surface area contributed by atoms with Crippen LogP contribution in [-0.4, -0.2) is 39.4 Å². The first-order valence-corrected chi connectivity index (χ1v) is 22.0. The van der Waals surface area contributed by atoms with Crippen molar-refractivity contribution in [2.24, 2.45) is 74.4 Å². The zero-order valence-electron chi connectivity index (χ0n) is 34.0. The maximum Gasteiger partial charge on any atom is 0.302 e. The molecule has 10 rings (SSSR count). The number of hydrogen-bond donors (Lipinski definition) is 1. The summed E-state index contributed by atoms with van der Waals surface area (Å²) in [5, 5.41) is 0. The fraction of sp³-hybridized carbons (Fsp3) is 0.729. The molecule has 2 heterocycles. The van der Waals surface area contributed by atoms with Crippen LogP contribution in [0, 0.1) is 74.4 Å². The lowest BCUT2D eigenvalue weighted by Gasteiger charge is -2.73. The fourth-order valence-corrected chi connectivity index (χ4v) is 16.6. The smallest absolute Gasteiger partial charge is 0.302 e. The summed E-state index contributed by atoms with van der Waals surface area (Å²) in [6, 6.07) is 10.4. The minimum Gasteiger partial charge on any atom is -0.462 e. The minimum absolute atomic E-state index is 0.0135. The molecule has 0 bridgehead atoms. The zero-order chi connectivity index (χ0) is 37.6. The van der Waals surface area contributed by atoms with Crippen LogP contribution in [0.5, 0.6) is 0 Å². The maximum atomic E-state index is 15.5. The molecular weight excluding hydrogens is 667 g/mol. The molecule has 8 aliphatic rings. The van der Waals surface area contributed by atoms with E-state index in [4.69, 9.17) is 9.72 Å². The molecule has 14 atom stereocenters. The van der Waals surface area contributed by atoms with Gasteiger partial charge in [0.05, 0.1) is 23.3 Å². The van der Waals surface area contributed by atoms with Crippen LogP contribution in [0.4, 0.5) is 0 Å². The molecule has 7 aliphatic carbocycles. The van der Waals surface area contributed by atoms with Gasteiger partial charge < -0.3 is 14.6 Å². The van der Waals surface area contributed by atoms with Crippen LogP contribution >= 0.6 is 0 Å². The number of imidazole rings is 1. The Morgan fingerprint density at radius 1 is 0.852 bits per heavy atom. The minimum atomic E-state index is -0.316. The van der Waals surface area contributed by atoms with Crippen molar-refractivity contribution in [1.82, 2.24) is 14.9 Å². The van der Waals surface area contributed by atoms with Crippen molar-refractivity contribution >= 4 is 11.9 Å². The average Bonchev–Trinajstić information content (AvgIpc) is 3.79. The Bertz CT molecular complexity index is 1860. The van der Waals surface area contributed by atoms with Crippen molar-refractivity contribution in [3.63, 3.8) is 0 Å². The number of carbonyl (C=O) groups is 2. The van der Waals surface area contributed by atoms with Crippen molar-refractivity contribution in [3.8, 4) is 11.3 Å². The van der Waals surface area contributed by atoms with E-state index in [0.29, 0.717) is 35.5 Å². The Morgan fingerprint density at radius 3 is 2.33 bits per heavy atom. The number of ether oxygens (including phenoxy) is 1. The quantitative estimate of drug-likeness (QED) is 0.237. The lowest BCUT2D eigenvalue weighted by Crippen LogP contribution is -2.68. The molecule has 1 aliphatic heterocycles. The maximum absolute atomic E-state index is 15.5. The summed E-state index contributed by atoms with van der Waals surface area (Å²) in [4.78, 5) is 38.8. The van der Waals surface area contributed by atoms with E-state index in [1.165, 1.54) is 44.1 Å². The number of amides is 1. The third kappa shape index (κ3) is 4.61. The summed E-state index contributed by atoms with van der Waals surface area (Å²) in [7, 11) is 0. The largest absolute Gasteiger partial charge is 0.462 e. The number of likely N-dealkylation sites (tertiary alicyclic amines) is 1. The average molecular weight is 732 g/mol. The van der Waals surface area contributed by atoms with Gasteiger partial charge in [0.15, 0.2) is 0 Å². The third-order valence-corrected chi connectivity index (χ3v) is 19.4. The van der Waals surface area contributed by atoms with Crippen LogP contribution in [0.15, 0.2) is 48.7 Å². The van der Waals surface area contributed by atoms with Gasteiger partial charge in [0.1, 0.15) is 11.9 Å². The first-order valence-electron chi connectivity index (χ1n) is 22.0. The van der Waals surface area contributed by atoms with E-state index in [9.17, 15) is 4.79 Å². The number of aromatic amines is 1. The molecule has 1 amide bonds. The molecule has 2 aromatic rings. The molecule has 1 aromatic heterocycles. The lowest BCUT2D eigenvalue weighted by molar-refractivity contribution is -0.257. The Kier molecular flexibility index (Phi) is 7.78. The molecule has 7 saturated carbocycles. The molecular formula is C48H65N3O3. The molecule has 0 spiro atoms. The number of aromatic nitrogens is 2. The first kappa shape index (κ1) is 35.5. The SMILES string of the molecule is C=C(C)[C@@H]1CC[C@]2(C(=O)N3CCC[C@@H]3c3ncc(-c4ccccc4)[nH]3)CC[C@]3(C)[C@H](CCC4[C@@]5(C)CC[C@H](OC(C)=O)C(C)(C6C7CC76)C5CC[C@]43C)C12. The summed E-state index contributed by atoms with van der Waals surface area (Å²) in [5.41, 5.74) is 3.88. The summed E-state index contributed by atoms with van der Waals surface area (Å²) in [6.45, 7) is 20.0. The molecule has 0 radical (unpaired) electrons. The number of allylic oxidation sites excluding steroid dienone is 1. The van der Waals surface area contributed by atoms with Crippen molar-refractivity contribution in [3.05, 3.63) is 54.5 Å².